The van der Waals surface area contributed by atoms with Gasteiger partial charge < -0.3 is 15.2 Å². The molecule has 0 aliphatic heterocycles. The Morgan fingerprint density at radius 1 is 1.00 bits per heavy atom. The van der Waals surface area contributed by atoms with Gasteiger partial charge in [0.15, 0.2) is 0 Å². The quantitative estimate of drug-likeness (QED) is 0.613. The number of hydrogen-bond donors (Lipinski definition) is 1. The molecule has 0 saturated heterocycles. The smallest absolute Gasteiger partial charge is 0.465 e. The van der Waals surface area contributed by atoms with Crippen molar-refractivity contribution in [1.82, 2.24) is 0 Å². The Morgan fingerprint density at radius 2 is 1.32 bits per heavy atom. The Hall–Kier alpha value is -2.08. The molecule has 0 rings (SSSR count). The summed E-state index contributed by atoms with van der Waals surface area (Å²) in [5, 5.41) is 0. The van der Waals surface area contributed by atoms with E-state index in [0.717, 1.165) is 7.11 Å². The Balaban J connectivity index is -0.000000247. The van der Waals surface area contributed by atoms with Gasteiger partial charge >= 0.3 is 36.9 Å². The molecule has 132 valence electrons. The second-order valence-corrected chi connectivity index (χ2v) is 2.74. The zero-order valence-corrected chi connectivity index (χ0v) is 11.1. The van der Waals surface area contributed by atoms with Crippen LogP contribution in [0.15, 0.2) is 0 Å². The van der Waals surface area contributed by atoms with Crippen molar-refractivity contribution in [3.05, 3.63) is 0 Å². The fraction of sp³-hybridized carbons (Fsp3) is 0.667. The molecule has 0 atom stereocenters. The topological polar surface area (TPSA) is 95.7 Å². The maximum Gasteiger partial charge on any atom is 0.470 e. The molecule has 13 heteroatoms. The van der Waals surface area contributed by atoms with E-state index >= 15 is 0 Å². The van der Waals surface area contributed by atoms with Crippen LogP contribution in [0.5, 0.6) is 0 Å². The molecule has 0 saturated carbocycles. The standard InChI is InChI=1S/C4H6F2O2.C3H4F2O2.C2H2F3NO/c1-2-8-4(7)3(5)6;1-7-3(6)2(4)5;3-2(4,5)1(6)7/h3H,2H2,1H3;2H,1H3;(H2,6,7). The zero-order chi connectivity index (χ0) is 18.5. The van der Waals surface area contributed by atoms with E-state index in [1.807, 2.05) is 0 Å². The zero-order valence-electron chi connectivity index (χ0n) is 11.1. The predicted molar refractivity (Wildman–Crippen MR) is 55.9 cm³/mol. The first-order valence-corrected chi connectivity index (χ1v) is 4.98. The molecule has 22 heavy (non-hydrogen) atoms. The monoisotopic (exact) mass is 347 g/mol. The van der Waals surface area contributed by atoms with Gasteiger partial charge in [-0.3, -0.25) is 4.79 Å². The van der Waals surface area contributed by atoms with Crippen LogP contribution in [0.1, 0.15) is 6.92 Å². The van der Waals surface area contributed by atoms with Crippen LogP contribution in [0.2, 0.25) is 0 Å². The lowest BCUT2D eigenvalue weighted by atomic mass is 10.6. The molecule has 0 aromatic heterocycles. The van der Waals surface area contributed by atoms with Crippen LogP contribution in [-0.2, 0) is 23.9 Å². The first kappa shape index (κ1) is 24.9. The van der Waals surface area contributed by atoms with Gasteiger partial charge in [-0.15, -0.1) is 0 Å². The van der Waals surface area contributed by atoms with Gasteiger partial charge in [0.25, 0.3) is 0 Å². The number of carbonyl (C=O) groups excluding carboxylic acids is 3. The summed E-state index contributed by atoms with van der Waals surface area (Å²) in [5.74, 6) is -5.19. The molecule has 0 spiro atoms. The molecule has 0 radical (unpaired) electrons. The normalized spacial score (nSPS) is 9.95. The molecular formula is C9H12F7NO5. The first-order chi connectivity index (χ1) is 9.80. The molecule has 0 aliphatic carbocycles. The number of nitrogens with two attached hydrogens (primary N) is 1. The summed E-state index contributed by atoms with van der Waals surface area (Å²) < 4.78 is 83.8. The van der Waals surface area contributed by atoms with E-state index < -0.39 is 36.9 Å². The molecule has 1 amide bonds. The maximum absolute atomic E-state index is 11.1. The van der Waals surface area contributed by atoms with Gasteiger partial charge in [0.05, 0.1) is 13.7 Å². The van der Waals surface area contributed by atoms with Crippen LogP contribution in [0.4, 0.5) is 30.7 Å². The highest BCUT2D eigenvalue weighted by atomic mass is 19.4. The molecule has 0 unspecified atom stereocenters. The third kappa shape index (κ3) is 17.9. The summed E-state index contributed by atoms with van der Waals surface area (Å²) >= 11 is 0. The van der Waals surface area contributed by atoms with Crippen LogP contribution in [-0.4, -0.2) is 50.6 Å². The number of esters is 2. The third-order valence-corrected chi connectivity index (χ3v) is 1.12. The van der Waals surface area contributed by atoms with Crippen molar-refractivity contribution in [1.29, 1.82) is 0 Å². The first-order valence-electron chi connectivity index (χ1n) is 4.98. The SMILES string of the molecule is CCOC(=O)C(F)F.COC(=O)C(F)F.NC(=O)C(F)(F)F. The fourth-order valence-electron chi connectivity index (χ4n) is 0.294. The third-order valence-electron chi connectivity index (χ3n) is 1.12. The van der Waals surface area contributed by atoms with Gasteiger partial charge in [-0.2, -0.15) is 30.7 Å². The lowest BCUT2D eigenvalue weighted by molar-refractivity contribution is -0.169. The lowest BCUT2D eigenvalue weighted by Crippen LogP contribution is -2.30. The number of hydrogen-bond acceptors (Lipinski definition) is 5. The highest BCUT2D eigenvalue weighted by Crippen LogP contribution is 2.11. The minimum atomic E-state index is -4.86. The van der Waals surface area contributed by atoms with Gasteiger partial charge in [0, 0.05) is 0 Å². The molecule has 0 fully saturated rings. The Bertz CT molecular complexity index is 344. The van der Waals surface area contributed by atoms with Crippen molar-refractivity contribution in [3.8, 4) is 0 Å². The second-order valence-electron chi connectivity index (χ2n) is 2.74. The Labute approximate surface area is 119 Å². The number of primary amides is 1. The van der Waals surface area contributed by atoms with Crippen LogP contribution >= 0.6 is 0 Å². The van der Waals surface area contributed by atoms with E-state index in [4.69, 9.17) is 4.79 Å². The van der Waals surface area contributed by atoms with Crippen molar-refractivity contribution >= 4 is 17.8 Å². The van der Waals surface area contributed by atoms with Crippen molar-refractivity contribution in [2.75, 3.05) is 13.7 Å². The van der Waals surface area contributed by atoms with Crippen LogP contribution in [0, 0.1) is 0 Å². The predicted octanol–water partition coefficient (Wildman–Crippen LogP) is 1.27. The van der Waals surface area contributed by atoms with Gasteiger partial charge in [-0.05, 0) is 6.92 Å². The highest BCUT2D eigenvalue weighted by Gasteiger charge is 2.35. The summed E-state index contributed by atoms with van der Waals surface area (Å²) in [4.78, 5) is 28.4. The second kappa shape index (κ2) is 12.6. The number of amides is 1. The van der Waals surface area contributed by atoms with E-state index in [-0.39, 0.29) is 6.61 Å². The minimum absolute atomic E-state index is 0.00315. The van der Waals surface area contributed by atoms with Crippen molar-refractivity contribution in [2.24, 2.45) is 5.73 Å². The Kier molecular flexibility index (Phi) is 14.3. The summed E-state index contributed by atoms with van der Waals surface area (Å²) in [6.07, 6.45) is -10.8. The van der Waals surface area contributed by atoms with Crippen LogP contribution < -0.4 is 5.73 Å². The number of carbonyl (C=O) groups is 3. The van der Waals surface area contributed by atoms with Crippen molar-refractivity contribution < 1.29 is 54.6 Å². The van der Waals surface area contributed by atoms with Crippen molar-refractivity contribution in [2.45, 2.75) is 26.0 Å². The maximum atomic E-state index is 11.1. The van der Waals surface area contributed by atoms with Crippen molar-refractivity contribution in [3.63, 3.8) is 0 Å². The molecule has 0 aliphatic rings. The van der Waals surface area contributed by atoms with E-state index in [9.17, 15) is 40.3 Å². The fourth-order valence-corrected chi connectivity index (χ4v) is 0.294. The van der Waals surface area contributed by atoms with Gasteiger partial charge in [-0.1, -0.05) is 0 Å². The van der Waals surface area contributed by atoms with Gasteiger partial charge in [0.2, 0.25) is 0 Å². The molecular weight excluding hydrogens is 335 g/mol. The highest BCUT2D eigenvalue weighted by molar-refractivity contribution is 5.79. The summed E-state index contributed by atoms with van der Waals surface area (Å²) in [6, 6.07) is 0. The molecule has 6 nitrogen and oxygen atoms in total. The van der Waals surface area contributed by atoms with Gasteiger partial charge in [0.1, 0.15) is 0 Å². The lowest BCUT2D eigenvalue weighted by Gasteiger charge is -1.96. The number of halogens is 7. The molecule has 0 bridgehead atoms. The van der Waals surface area contributed by atoms with E-state index in [1.54, 1.807) is 0 Å². The van der Waals surface area contributed by atoms with Crippen LogP contribution in [0.3, 0.4) is 0 Å². The average molecular weight is 347 g/mol. The van der Waals surface area contributed by atoms with E-state index in [0.29, 0.717) is 0 Å². The summed E-state index contributed by atoms with van der Waals surface area (Å²) in [7, 11) is 0.911. The molecule has 2 N–H and O–H groups in total. The molecule has 0 heterocycles. The molecule has 0 aromatic rings. The van der Waals surface area contributed by atoms with E-state index in [1.165, 1.54) is 6.92 Å². The summed E-state index contributed by atoms with van der Waals surface area (Å²) in [5.41, 5.74) is 3.81. The average Bonchev–Trinajstić information content (AvgIpc) is 2.38. The van der Waals surface area contributed by atoms with Crippen LogP contribution in [0.25, 0.3) is 0 Å². The number of rotatable bonds is 3. The molecule has 0 aromatic carbocycles. The largest absolute Gasteiger partial charge is 0.470 e. The summed E-state index contributed by atoms with van der Waals surface area (Å²) in [6.45, 7) is 1.48. The van der Waals surface area contributed by atoms with Gasteiger partial charge in [-0.25, -0.2) is 9.59 Å². The minimum Gasteiger partial charge on any atom is -0.465 e. The number of methoxy groups -OCH3 is 1. The van der Waals surface area contributed by atoms with E-state index in [2.05, 4.69) is 15.2 Å². The Morgan fingerprint density at radius 3 is 1.36 bits per heavy atom. The number of ether oxygens (including phenoxy) is 2. The number of alkyl halides is 7.